The third kappa shape index (κ3) is 5.61. The molecule has 0 aliphatic carbocycles. The Morgan fingerprint density at radius 2 is 1.68 bits per heavy atom. The summed E-state index contributed by atoms with van der Waals surface area (Å²) < 4.78 is 7.98. The molecule has 31 heavy (non-hydrogen) atoms. The van der Waals surface area contributed by atoms with E-state index in [1.165, 1.54) is 11.8 Å². The average Bonchev–Trinajstić information content (AvgIpc) is 3.18. The van der Waals surface area contributed by atoms with Gasteiger partial charge < -0.3 is 4.74 Å². The SMILES string of the molecule is Cc1cccc(OCc2nnc(SCC(=O)c3ccccc3)n2Cc2ccccc2)c1. The maximum absolute atomic E-state index is 12.5. The second kappa shape index (κ2) is 10.1. The molecule has 0 atom stereocenters. The molecule has 0 amide bonds. The van der Waals surface area contributed by atoms with E-state index in [0.29, 0.717) is 29.6 Å². The number of thioether (sulfide) groups is 1. The van der Waals surface area contributed by atoms with E-state index < -0.39 is 0 Å². The Morgan fingerprint density at radius 3 is 2.42 bits per heavy atom. The zero-order chi connectivity index (χ0) is 21.5. The summed E-state index contributed by atoms with van der Waals surface area (Å²) in [4.78, 5) is 12.5. The summed E-state index contributed by atoms with van der Waals surface area (Å²) in [5, 5.41) is 9.41. The maximum atomic E-state index is 12.5. The number of nitrogens with zero attached hydrogens (tertiary/aromatic N) is 3. The Morgan fingerprint density at radius 1 is 0.935 bits per heavy atom. The molecule has 1 aromatic heterocycles. The fourth-order valence-electron chi connectivity index (χ4n) is 3.15. The van der Waals surface area contributed by atoms with Crippen LogP contribution in [0, 0.1) is 6.92 Å². The van der Waals surface area contributed by atoms with Crippen molar-refractivity contribution < 1.29 is 9.53 Å². The van der Waals surface area contributed by atoms with E-state index >= 15 is 0 Å². The Kier molecular flexibility index (Phi) is 6.79. The van der Waals surface area contributed by atoms with E-state index in [4.69, 9.17) is 4.74 Å². The minimum atomic E-state index is 0.0671. The van der Waals surface area contributed by atoms with Crippen molar-refractivity contribution in [1.82, 2.24) is 14.8 Å². The van der Waals surface area contributed by atoms with Crippen LogP contribution in [0.3, 0.4) is 0 Å². The molecule has 0 aliphatic heterocycles. The van der Waals surface area contributed by atoms with Gasteiger partial charge in [-0.15, -0.1) is 10.2 Å². The molecule has 0 aliphatic rings. The van der Waals surface area contributed by atoms with Crippen molar-refractivity contribution in [3.8, 4) is 5.75 Å². The first kappa shape index (κ1) is 20.9. The van der Waals surface area contributed by atoms with Gasteiger partial charge in [-0.05, 0) is 30.2 Å². The monoisotopic (exact) mass is 429 g/mol. The van der Waals surface area contributed by atoms with Gasteiger partial charge >= 0.3 is 0 Å². The number of carbonyl (C=O) groups excluding carboxylic acids is 1. The van der Waals surface area contributed by atoms with Crippen LogP contribution in [-0.2, 0) is 13.2 Å². The smallest absolute Gasteiger partial charge is 0.192 e. The highest BCUT2D eigenvalue weighted by atomic mass is 32.2. The van der Waals surface area contributed by atoms with Gasteiger partial charge in [0.05, 0.1) is 12.3 Å². The number of aryl methyl sites for hydroxylation is 1. The lowest BCUT2D eigenvalue weighted by molar-refractivity contribution is 0.102. The largest absolute Gasteiger partial charge is 0.486 e. The predicted molar refractivity (Wildman–Crippen MR) is 123 cm³/mol. The first-order valence-electron chi connectivity index (χ1n) is 10.1. The van der Waals surface area contributed by atoms with Gasteiger partial charge in [-0.3, -0.25) is 9.36 Å². The third-order valence-corrected chi connectivity index (χ3v) is 5.73. The average molecular weight is 430 g/mol. The van der Waals surface area contributed by atoms with Gasteiger partial charge in [-0.1, -0.05) is 84.6 Å². The molecule has 3 aromatic carbocycles. The number of carbonyl (C=O) groups is 1. The van der Waals surface area contributed by atoms with Crippen molar-refractivity contribution in [2.24, 2.45) is 0 Å². The molecule has 156 valence electrons. The van der Waals surface area contributed by atoms with Crippen LogP contribution in [-0.4, -0.2) is 26.3 Å². The molecule has 4 aromatic rings. The fourth-order valence-corrected chi connectivity index (χ4v) is 4.00. The highest BCUT2D eigenvalue weighted by Gasteiger charge is 2.16. The zero-order valence-corrected chi connectivity index (χ0v) is 18.1. The van der Waals surface area contributed by atoms with Gasteiger partial charge in [0.25, 0.3) is 0 Å². The molecule has 0 radical (unpaired) electrons. The number of benzene rings is 3. The standard InChI is InChI=1S/C25H23N3O2S/c1-19-9-8-14-22(15-19)30-17-24-26-27-25(28(24)16-20-10-4-2-5-11-20)31-18-23(29)21-12-6-3-7-13-21/h2-15H,16-18H2,1H3. The highest BCUT2D eigenvalue weighted by molar-refractivity contribution is 7.99. The number of hydrogen-bond donors (Lipinski definition) is 0. The summed E-state index contributed by atoms with van der Waals surface area (Å²) in [7, 11) is 0. The second-order valence-electron chi connectivity index (χ2n) is 7.15. The van der Waals surface area contributed by atoms with Gasteiger partial charge in [-0.2, -0.15) is 0 Å². The third-order valence-electron chi connectivity index (χ3n) is 4.76. The van der Waals surface area contributed by atoms with Crippen LogP contribution in [0.5, 0.6) is 5.75 Å². The molecule has 0 saturated heterocycles. The number of ether oxygens (including phenoxy) is 1. The summed E-state index contributed by atoms with van der Waals surface area (Å²) in [5.74, 6) is 1.88. The molecule has 5 nitrogen and oxygen atoms in total. The molecular weight excluding hydrogens is 406 g/mol. The second-order valence-corrected chi connectivity index (χ2v) is 8.10. The summed E-state index contributed by atoms with van der Waals surface area (Å²) in [6, 6.07) is 27.4. The lowest BCUT2D eigenvalue weighted by Crippen LogP contribution is -2.10. The van der Waals surface area contributed by atoms with E-state index in [1.807, 2.05) is 84.3 Å². The Bertz CT molecular complexity index is 1140. The molecule has 0 N–H and O–H groups in total. The van der Waals surface area contributed by atoms with Gasteiger partial charge in [0, 0.05) is 5.56 Å². The number of rotatable bonds is 9. The number of aromatic nitrogens is 3. The van der Waals surface area contributed by atoms with Gasteiger partial charge in [-0.25, -0.2) is 0 Å². The molecule has 4 rings (SSSR count). The maximum Gasteiger partial charge on any atom is 0.192 e. The molecule has 0 saturated carbocycles. The summed E-state index contributed by atoms with van der Waals surface area (Å²) >= 11 is 1.40. The number of Topliss-reactive ketones (excluding diaryl/α,β-unsaturated/α-hetero) is 1. The van der Waals surface area contributed by atoms with Crippen LogP contribution in [0.15, 0.2) is 90.1 Å². The molecule has 0 bridgehead atoms. The Hall–Kier alpha value is -3.38. The molecule has 0 unspecified atom stereocenters. The van der Waals surface area contributed by atoms with E-state index in [9.17, 15) is 4.79 Å². The quantitative estimate of drug-likeness (QED) is 0.271. The number of hydrogen-bond acceptors (Lipinski definition) is 5. The summed E-state index contributed by atoms with van der Waals surface area (Å²) in [6.07, 6.45) is 0. The van der Waals surface area contributed by atoms with Crippen molar-refractivity contribution in [1.29, 1.82) is 0 Å². The fraction of sp³-hybridized carbons (Fsp3) is 0.160. The minimum absolute atomic E-state index is 0.0671. The first-order chi connectivity index (χ1) is 15.2. The van der Waals surface area contributed by atoms with Crippen LogP contribution >= 0.6 is 11.8 Å². The van der Waals surface area contributed by atoms with Gasteiger partial charge in [0.1, 0.15) is 12.4 Å². The van der Waals surface area contributed by atoms with Gasteiger partial charge in [0.2, 0.25) is 0 Å². The van der Waals surface area contributed by atoms with Crippen LogP contribution < -0.4 is 4.74 Å². The predicted octanol–water partition coefficient (Wildman–Crippen LogP) is 5.19. The van der Waals surface area contributed by atoms with Crippen molar-refractivity contribution >= 4 is 17.5 Å². The van der Waals surface area contributed by atoms with E-state index in [1.54, 1.807) is 0 Å². The van der Waals surface area contributed by atoms with Crippen molar-refractivity contribution in [2.45, 2.75) is 25.2 Å². The lowest BCUT2D eigenvalue weighted by atomic mass is 10.2. The van der Waals surface area contributed by atoms with Crippen molar-refractivity contribution in [3.05, 3.63) is 107 Å². The summed E-state index contributed by atoms with van der Waals surface area (Å²) in [5.41, 5.74) is 2.97. The van der Waals surface area contributed by atoms with E-state index in [0.717, 1.165) is 22.7 Å². The normalized spacial score (nSPS) is 10.7. The topological polar surface area (TPSA) is 57.0 Å². The van der Waals surface area contributed by atoms with E-state index in [-0.39, 0.29) is 5.78 Å². The molecule has 0 fully saturated rings. The van der Waals surface area contributed by atoms with Crippen LogP contribution in [0.4, 0.5) is 0 Å². The molecule has 1 heterocycles. The molecule has 0 spiro atoms. The first-order valence-corrected chi connectivity index (χ1v) is 11.0. The van der Waals surface area contributed by atoms with Gasteiger partial charge in [0.15, 0.2) is 16.8 Å². The summed E-state index contributed by atoms with van der Waals surface area (Å²) in [6.45, 7) is 2.95. The molecular formula is C25H23N3O2S. The zero-order valence-electron chi connectivity index (χ0n) is 17.3. The van der Waals surface area contributed by atoms with Crippen molar-refractivity contribution in [3.63, 3.8) is 0 Å². The lowest BCUT2D eigenvalue weighted by Gasteiger charge is -2.11. The Labute approximate surface area is 186 Å². The van der Waals surface area contributed by atoms with Crippen LogP contribution in [0.1, 0.15) is 27.3 Å². The minimum Gasteiger partial charge on any atom is -0.486 e. The van der Waals surface area contributed by atoms with Crippen LogP contribution in [0.25, 0.3) is 0 Å². The molecule has 6 heteroatoms. The van der Waals surface area contributed by atoms with Crippen molar-refractivity contribution in [2.75, 3.05) is 5.75 Å². The Balaban J connectivity index is 1.52. The van der Waals surface area contributed by atoms with Crippen LogP contribution in [0.2, 0.25) is 0 Å². The highest BCUT2D eigenvalue weighted by Crippen LogP contribution is 2.22. The number of ketones is 1. The van der Waals surface area contributed by atoms with E-state index in [2.05, 4.69) is 22.3 Å².